The topological polar surface area (TPSA) is 26.0 Å². The number of benzene rings is 1. The first-order valence-electron chi connectivity index (χ1n) is 4.15. The Morgan fingerprint density at radius 3 is 2.54 bits per heavy atom. The molecule has 1 nitrogen and oxygen atoms in total. The second-order valence-electron chi connectivity index (χ2n) is 3.37. The van der Waals surface area contributed by atoms with Crippen LogP contribution in [-0.2, 0) is 5.67 Å². The average molecular weight is 185 g/mol. The summed E-state index contributed by atoms with van der Waals surface area (Å²) < 4.78 is 26.6. The zero-order valence-electron chi connectivity index (χ0n) is 7.72. The van der Waals surface area contributed by atoms with Crippen molar-refractivity contribution in [2.24, 2.45) is 5.73 Å². The Hall–Kier alpha value is -0.960. The minimum atomic E-state index is -1.68. The summed E-state index contributed by atoms with van der Waals surface area (Å²) in [4.78, 5) is 0. The van der Waals surface area contributed by atoms with Gasteiger partial charge >= 0.3 is 0 Å². The first kappa shape index (κ1) is 10.1. The van der Waals surface area contributed by atoms with Crippen LogP contribution in [0, 0.1) is 5.82 Å². The van der Waals surface area contributed by atoms with E-state index in [1.54, 1.807) is 6.92 Å². The van der Waals surface area contributed by atoms with Crippen molar-refractivity contribution >= 4 is 0 Å². The van der Waals surface area contributed by atoms with E-state index in [1.165, 1.54) is 31.2 Å². The number of rotatable bonds is 2. The van der Waals surface area contributed by atoms with Crippen molar-refractivity contribution in [2.75, 3.05) is 0 Å². The van der Waals surface area contributed by atoms with Gasteiger partial charge < -0.3 is 5.73 Å². The number of nitrogens with two attached hydrogens (primary N) is 1. The maximum atomic E-state index is 13.8. The third-order valence-corrected chi connectivity index (χ3v) is 2.24. The molecule has 1 aromatic rings. The molecule has 0 aliphatic rings. The SMILES string of the molecule is CC(N)C(C)(F)c1cccc(F)c1. The summed E-state index contributed by atoms with van der Waals surface area (Å²) in [7, 11) is 0. The van der Waals surface area contributed by atoms with Crippen LogP contribution in [0.3, 0.4) is 0 Å². The van der Waals surface area contributed by atoms with Gasteiger partial charge in [-0.15, -0.1) is 0 Å². The lowest BCUT2D eigenvalue weighted by Crippen LogP contribution is -2.37. The maximum Gasteiger partial charge on any atom is 0.148 e. The van der Waals surface area contributed by atoms with E-state index in [0.717, 1.165) is 0 Å². The Labute approximate surface area is 76.6 Å². The van der Waals surface area contributed by atoms with Gasteiger partial charge in [0.05, 0.1) is 0 Å². The first-order valence-corrected chi connectivity index (χ1v) is 4.15. The molecule has 0 aliphatic heterocycles. The highest BCUT2D eigenvalue weighted by Gasteiger charge is 2.30. The molecule has 0 aromatic heterocycles. The van der Waals surface area contributed by atoms with Crippen molar-refractivity contribution in [2.45, 2.75) is 25.6 Å². The molecule has 0 amide bonds. The van der Waals surface area contributed by atoms with Gasteiger partial charge in [0.2, 0.25) is 0 Å². The fourth-order valence-corrected chi connectivity index (χ4v) is 1.06. The molecule has 2 unspecified atom stereocenters. The van der Waals surface area contributed by atoms with Gasteiger partial charge in [0.15, 0.2) is 0 Å². The molecular weight excluding hydrogens is 172 g/mol. The molecule has 1 rings (SSSR count). The highest BCUT2D eigenvalue weighted by Crippen LogP contribution is 2.28. The monoisotopic (exact) mass is 185 g/mol. The number of halogens is 2. The van der Waals surface area contributed by atoms with Gasteiger partial charge in [-0.25, -0.2) is 8.78 Å². The molecule has 0 fully saturated rings. The quantitative estimate of drug-likeness (QED) is 0.752. The molecule has 2 N–H and O–H groups in total. The Balaban J connectivity index is 3.07. The van der Waals surface area contributed by atoms with E-state index in [-0.39, 0.29) is 5.56 Å². The van der Waals surface area contributed by atoms with E-state index in [9.17, 15) is 8.78 Å². The predicted octanol–water partition coefficient (Wildman–Crippen LogP) is 2.36. The molecule has 1 aromatic carbocycles. The van der Waals surface area contributed by atoms with Crippen LogP contribution < -0.4 is 5.73 Å². The lowest BCUT2D eigenvalue weighted by Gasteiger charge is -2.24. The van der Waals surface area contributed by atoms with Gasteiger partial charge in [0.25, 0.3) is 0 Å². The van der Waals surface area contributed by atoms with Crippen LogP contribution in [0.5, 0.6) is 0 Å². The molecule has 2 atom stereocenters. The lowest BCUT2D eigenvalue weighted by molar-refractivity contribution is 0.157. The van der Waals surface area contributed by atoms with Crippen molar-refractivity contribution in [1.29, 1.82) is 0 Å². The van der Waals surface area contributed by atoms with Crippen molar-refractivity contribution < 1.29 is 8.78 Å². The van der Waals surface area contributed by atoms with E-state index in [0.29, 0.717) is 0 Å². The summed E-state index contributed by atoms with van der Waals surface area (Å²) in [6.45, 7) is 2.91. The summed E-state index contributed by atoms with van der Waals surface area (Å²) in [5, 5.41) is 0. The van der Waals surface area contributed by atoms with E-state index in [4.69, 9.17) is 5.73 Å². The molecule has 72 valence electrons. The van der Waals surface area contributed by atoms with Gasteiger partial charge in [-0.05, 0) is 31.5 Å². The normalized spacial score (nSPS) is 17.9. The van der Waals surface area contributed by atoms with Crippen LogP contribution in [0.2, 0.25) is 0 Å². The number of hydrogen-bond acceptors (Lipinski definition) is 1. The predicted molar refractivity (Wildman–Crippen MR) is 48.5 cm³/mol. The van der Waals surface area contributed by atoms with Gasteiger partial charge in [-0.3, -0.25) is 0 Å². The molecule has 3 heteroatoms. The molecule has 0 spiro atoms. The Kier molecular flexibility index (Phi) is 2.66. The van der Waals surface area contributed by atoms with Crippen LogP contribution in [-0.4, -0.2) is 6.04 Å². The molecule has 13 heavy (non-hydrogen) atoms. The summed E-state index contributed by atoms with van der Waals surface area (Å²) in [6.07, 6.45) is 0. The van der Waals surface area contributed by atoms with Crippen molar-refractivity contribution in [3.63, 3.8) is 0 Å². The van der Waals surface area contributed by atoms with Gasteiger partial charge in [-0.2, -0.15) is 0 Å². The summed E-state index contributed by atoms with van der Waals surface area (Å²) in [5.74, 6) is -0.443. The van der Waals surface area contributed by atoms with Crippen molar-refractivity contribution in [3.8, 4) is 0 Å². The van der Waals surface area contributed by atoms with Crippen LogP contribution in [0.1, 0.15) is 19.4 Å². The molecule has 0 saturated heterocycles. The Bertz CT molecular complexity index is 295. The van der Waals surface area contributed by atoms with Crippen LogP contribution in [0.15, 0.2) is 24.3 Å². The van der Waals surface area contributed by atoms with E-state index >= 15 is 0 Å². The molecular formula is C10H13F2N. The second kappa shape index (κ2) is 3.42. The van der Waals surface area contributed by atoms with Crippen LogP contribution in [0.4, 0.5) is 8.78 Å². The van der Waals surface area contributed by atoms with Crippen molar-refractivity contribution in [1.82, 2.24) is 0 Å². The molecule has 0 bridgehead atoms. The first-order chi connectivity index (χ1) is 5.94. The van der Waals surface area contributed by atoms with Gasteiger partial charge in [0, 0.05) is 6.04 Å². The maximum absolute atomic E-state index is 13.8. The van der Waals surface area contributed by atoms with Crippen molar-refractivity contribution in [3.05, 3.63) is 35.6 Å². The average Bonchev–Trinajstić information content (AvgIpc) is 2.04. The number of hydrogen-bond donors (Lipinski definition) is 1. The summed E-state index contributed by atoms with van der Waals surface area (Å²) in [5.41, 5.74) is 4.06. The third-order valence-electron chi connectivity index (χ3n) is 2.24. The highest BCUT2D eigenvalue weighted by molar-refractivity contribution is 5.24. The zero-order valence-corrected chi connectivity index (χ0v) is 7.72. The lowest BCUT2D eigenvalue weighted by atomic mass is 9.91. The molecule has 0 radical (unpaired) electrons. The largest absolute Gasteiger partial charge is 0.325 e. The molecule has 0 aliphatic carbocycles. The summed E-state index contributed by atoms with van der Waals surface area (Å²) >= 11 is 0. The third kappa shape index (κ3) is 2.04. The fraction of sp³-hybridized carbons (Fsp3) is 0.400. The smallest absolute Gasteiger partial charge is 0.148 e. The minimum Gasteiger partial charge on any atom is -0.325 e. The van der Waals surface area contributed by atoms with Crippen LogP contribution in [0.25, 0.3) is 0 Å². The number of alkyl halides is 1. The second-order valence-corrected chi connectivity index (χ2v) is 3.37. The van der Waals surface area contributed by atoms with E-state index < -0.39 is 17.5 Å². The van der Waals surface area contributed by atoms with Gasteiger partial charge in [-0.1, -0.05) is 12.1 Å². The molecule has 0 saturated carbocycles. The molecule has 0 heterocycles. The van der Waals surface area contributed by atoms with E-state index in [2.05, 4.69) is 0 Å². The van der Waals surface area contributed by atoms with Gasteiger partial charge in [0.1, 0.15) is 11.5 Å². The minimum absolute atomic E-state index is 0.280. The highest BCUT2D eigenvalue weighted by atomic mass is 19.1. The summed E-state index contributed by atoms with van der Waals surface area (Å²) in [6, 6.07) is 4.80. The zero-order chi connectivity index (χ0) is 10.1. The van der Waals surface area contributed by atoms with E-state index in [1.807, 2.05) is 0 Å². The Morgan fingerprint density at radius 1 is 1.46 bits per heavy atom. The standard InChI is InChI=1S/C10H13F2N/c1-7(13)10(2,12)8-4-3-5-9(11)6-8/h3-7H,13H2,1-2H3. The van der Waals surface area contributed by atoms with Crippen LogP contribution >= 0.6 is 0 Å². The fourth-order valence-electron chi connectivity index (χ4n) is 1.06. The Morgan fingerprint density at radius 2 is 2.08 bits per heavy atom.